The maximum Gasteiger partial charge on any atom is 0.265 e. The number of fused-ring (bicyclic) bond motifs is 2. The topological polar surface area (TPSA) is 152 Å². The van der Waals surface area contributed by atoms with Gasteiger partial charge in [-0.25, -0.2) is 23.1 Å². The Labute approximate surface area is 408 Å². The van der Waals surface area contributed by atoms with Crippen molar-refractivity contribution in [3.8, 4) is 22.9 Å². The maximum absolute atomic E-state index is 16.7. The molecule has 1 N–H and O–H groups in total. The van der Waals surface area contributed by atoms with Gasteiger partial charge in [0.1, 0.15) is 41.1 Å². The SMILES string of the molecule is C=C(Cl)C(=O)N1CCN(c2ncnc3c(F)c(-c4c(F)cccc4OCCC4CCC(CCN5CCC(c6cc(F)cc7c6CN(C6CCC(=O)NC6=O)C7=O)CC5)CC4)c(Cl)cc23)C[C@H]1CC#N. The van der Waals surface area contributed by atoms with Crippen LogP contribution in [0.5, 0.6) is 5.75 Å². The highest BCUT2D eigenvalue weighted by Gasteiger charge is 2.41. The number of ether oxygens (including phenoxy) is 1. The lowest BCUT2D eigenvalue weighted by molar-refractivity contribution is -0.137. The maximum atomic E-state index is 16.7. The number of nitriles is 1. The largest absolute Gasteiger partial charge is 0.493 e. The van der Waals surface area contributed by atoms with E-state index in [0.29, 0.717) is 41.8 Å². The lowest BCUT2D eigenvalue weighted by Gasteiger charge is -2.41. The van der Waals surface area contributed by atoms with Crippen molar-refractivity contribution in [1.29, 1.82) is 5.26 Å². The zero-order valence-electron chi connectivity index (χ0n) is 38.1. The highest BCUT2D eigenvalue weighted by Crippen LogP contribution is 2.44. The van der Waals surface area contributed by atoms with Crippen LogP contribution in [0.25, 0.3) is 22.0 Å². The van der Waals surface area contributed by atoms with E-state index in [1.807, 2.05) is 4.90 Å². The van der Waals surface area contributed by atoms with Crippen LogP contribution in [-0.2, 0) is 20.9 Å². The van der Waals surface area contributed by atoms with E-state index < -0.39 is 41.3 Å². The van der Waals surface area contributed by atoms with Gasteiger partial charge in [-0.1, -0.05) is 61.5 Å². The molecule has 1 aromatic heterocycles. The number of rotatable bonds is 13. The summed E-state index contributed by atoms with van der Waals surface area (Å²) in [6, 6.07) is 9.56. The van der Waals surface area contributed by atoms with Gasteiger partial charge in [-0.05, 0) is 111 Å². The average molecular weight is 986 g/mol. The van der Waals surface area contributed by atoms with Gasteiger partial charge in [0.25, 0.3) is 11.8 Å². The summed E-state index contributed by atoms with van der Waals surface area (Å²) in [7, 11) is 0. The molecule has 3 saturated heterocycles. The summed E-state index contributed by atoms with van der Waals surface area (Å²) in [5.74, 6) is -1.96. The molecule has 9 rings (SSSR count). The van der Waals surface area contributed by atoms with Crippen LogP contribution in [0.3, 0.4) is 0 Å². The fourth-order valence-corrected chi connectivity index (χ4v) is 11.6. The van der Waals surface area contributed by atoms with Gasteiger partial charge in [0.2, 0.25) is 11.8 Å². The fourth-order valence-electron chi connectivity index (χ4n) is 11.2. The molecule has 4 aromatic rings. The first-order valence-corrected chi connectivity index (χ1v) is 24.6. The monoisotopic (exact) mass is 984 g/mol. The second-order valence-electron chi connectivity index (χ2n) is 19.0. The Balaban J connectivity index is 0.766. The molecular formula is C51H53Cl2F3N8O5. The van der Waals surface area contributed by atoms with Crippen molar-refractivity contribution in [2.24, 2.45) is 11.8 Å². The molecule has 1 saturated carbocycles. The molecule has 0 bridgehead atoms. The standard InChI is InChI=1S/C51H53Cl2F3N8O5/c1-29(52)50(67)63-21-20-62(26-34(63)11-16-57)48-37-25-39(53)44(46(56)47(37)58-28-59-48)45-40(55)3-2-4-42(45)69-22-15-31-7-5-30(6-8-31)12-17-61-18-13-32(14-19-61)35-23-33(54)24-36-38(35)27-64(51(36)68)41-9-10-43(65)60-49(41)66/h2-4,23-25,28,30-32,34,41H,1,5-15,17-22,26-27H2,(H,60,65,66)/t30?,31?,34-,41?/m1/s1. The predicted molar refractivity (Wildman–Crippen MR) is 254 cm³/mol. The molecule has 0 radical (unpaired) electrons. The first kappa shape index (κ1) is 48.3. The van der Waals surface area contributed by atoms with E-state index in [-0.39, 0.29) is 89.1 Å². The molecule has 4 amide bonds. The molecule has 69 heavy (non-hydrogen) atoms. The number of benzene rings is 3. The van der Waals surface area contributed by atoms with Crippen molar-refractivity contribution < 1.29 is 37.1 Å². The van der Waals surface area contributed by atoms with Gasteiger partial charge in [-0.2, -0.15) is 5.26 Å². The third-order valence-electron chi connectivity index (χ3n) is 14.9. The highest BCUT2D eigenvalue weighted by molar-refractivity contribution is 6.41. The van der Waals surface area contributed by atoms with Crippen molar-refractivity contribution >= 4 is 63.6 Å². The van der Waals surface area contributed by atoms with E-state index in [2.05, 4.69) is 32.8 Å². The predicted octanol–water partition coefficient (Wildman–Crippen LogP) is 8.66. The minimum Gasteiger partial charge on any atom is -0.493 e. The average Bonchev–Trinajstić information content (AvgIpc) is 3.66. The molecule has 3 aromatic carbocycles. The number of halogens is 5. The number of piperazine rings is 1. The molecule has 5 heterocycles. The Bertz CT molecular complexity index is 2740. The molecule has 362 valence electrons. The first-order valence-electron chi connectivity index (χ1n) is 23.8. The summed E-state index contributed by atoms with van der Waals surface area (Å²) in [4.78, 5) is 66.4. The number of hydrogen-bond acceptors (Lipinski definition) is 10. The third-order valence-corrected chi connectivity index (χ3v) is 15.4. The molecule has 5 aliphatic rings. The van der Waals surface area contributed by atoms with Gasteiger partial charge in [0, 0.05) is 49.1 Å². The molecule has 1 unspecified atom stereocenters. The number of carbonyl (C=O) groups excluding carboxylic acids is 4. The Morgan fingerprint density at radius 1 is 0.942 bits per heavy atom. The molecule has 13 nitrogen and oxygen atoms in total. The van der Waals surface area contributed by atoms with Crippen LogP contribution in [0, 0.1) is 40.6 Å². The van der Waals surface area contributed by atoms with Crippen molar-refractivity contribution in [3.05, 3.63) is 93.5 Å². The van der Waals surface area contributed by atoms with Crippen molar-refractivity contribution in [2.75, 3.05) is 50.8 Å². The molecule has 4 aliphatic heterocycles. The zero-order chi connectivity index (χ0) is 48.5. The summed E-state index contributed by atoms with van der Waals surface area (Å²) in [5.41, 5.74) is 1.64. The minimum atomic E-state index is -0.827. The van der Waals surface area contributed by atoms with Crippen LogP contribution >= 0.6 is 23.2 Å². The summed E-state index contributed by atoms with van der Waals surface area (Å²) in [6.07, 6.45) is 9.49. The molecule has 0 spiro atoms. The summed E-state index contributed by atoms with van der Waals surface area (Å²) < 4.78 is 53.6. The Morgan fingerprint density at radius 2 is 1.70 bits per heavy atom. The van der Waals surface area contributed by atoms with E-state index >= 15 is 8.78 Å². The number of hydrogen-bond donors (Lipinski definition) is 1. The fraction of sp³-hybridized carbons (Fsp3) is 0.471. The van der Waals surface area contributed by atoms with Crippen LogP contribution < -0.4 is 15.0 Å². The van der Waals surface area contributed by atoms with E-state index in [1.54, 1.807) is 12.1 Å². The summed E-state index contributed by atoms with van der Waals surface area (Å²) >= 11 is 12.7. The number of carbonyl (C=O) groups is 4. The quantitative estimate of drug-likeness (QED) is 0.102. The smallest absolute Gasteiger partial charge is 0.265 e. The van der Waals surface area contributed by atoms with Crippen LogP contribution in [-0.4, -0.2) is 106 Å². The van der Waals surface area contributed by atoms with E-state index in [1.165, 1.54) is 40.4 Å². The van der Waals surface area contributed by atoms with Gasteiger partial charge >= 0.3 is 0 Å². The van der Waals surface area contributed by atoms with Gasteiger partial charge in [0.05, 0.1) is 40.8 Å². The Hall–Kier alpha value is -5.76. The number of nitrogens with one attached hydrogen (secondary N) is 1. The number of likely N-dealkylation sites (tertiary alicyclic amines) is 1. The Morgan fingerprint density at radius 3 is 2.42 bits per heavy atom. The Kier molecular flexibility index (Phi) is 14.5. The van der Waals surface area contributed by atoms with Crippen LogP contribution in [0.15, 0.2) is 54.3 Å². The molecule has 4 fully saturated rings. The van der Waals surface area contributed by atoms with Crippen LogP contribution in [0.4, 0.5) is 19.0 Å². The molecule has 18 heteroatoms. The number of piperidine rings is 2. The first-order chi connectivity index (χ1) is 33.3. The second-order valence-corrected chi connectivity index (χ2v) is 19.8. The van der Waals surface area contributed by atoms with E-state index in [4.69, 9.17) is 27.9 Å². The normalized spacial score (nSPS) is 22.4. The second kappa shape index (κ2) is 20.7. The number of imide groups is 1. The highest BCUT2D eigenvalue weighted by atomic mass is 35.5. The number of amides is 4. The van der Waals surface area contributed by atoms with Crippen molar-refractivity contribution in [3.63, 3.8) is 0 Å². The molecule has 1 aliphatic carbocycles. The summed E-state index contributed by atoms with van der Waals surface area (Å²) in [6.45, 7) is 7.56. The zero-order valence-corrected chi connectivity index (χ0v) is 39.6. The van der Waals surface area contributed by atoms with Crippen molar-refractivity contribution in [2.45, 2.75) is 95.2 Å². The van der Waals surface area contributed by atoms with Crippen LogP contribution in [0.1, 0.15) is 98.0 Å². The van der Waals surface area contributed by atoms with E-state index in [0.717, 1.165) is 82.1 Å². The number of aromatic nitrogens is 2. The lowest BCUT2D eigenvalue weighted by Crippen LogP contribution is -2.55. The van der Waals surface area contributed by atoms with E-state index in [9.17, 15) is 28.8 Å². The number of nitrogens with zero attached hydrogens (tertiary/aromatic N) is 7. The molecular weight excluding hydrogens is 933 g/mol. The van der Waals surface area contributed by atoms with Gasteiger partial charge in [-0.3, -0.25) is 24.5 Å². The van der Waals surface area contributed by atoms with Crippen LogP contribution in [0.2, 0.25) is 5.02 Å². The third kappa shape index (κ3) is 10.0. The van der Waals surface area contributed by atoms with Gasteiger partial charge in [0.15, 0.2) is 5.82 Å². The summed E-state index contributed by atoms with van der Waals surface area (Å²) in [5, 5.41) is 11.9. The molecule has 2 atom stereocenters. The number of anilines is 1. The van der Waals surface area contributed by atoms with Gasteiger partial charge < -0.3 is 24.3 Å². The van der Waals surface area contributed by atoms with Gasteiger partial charge in [-0.15, -0.1) is 0 Å². The minimum absolute atomic E-state index is 0.0307. The van der Waals surface area contributed by atoms with Crippen molar-refractivity contribution in [1.82, 2.24) is 30.0 Å². The lowest BCUT2D eigenvalue weighted by atomic mass is 9.79.